The lowest BCUT2D eigenvalue weighted by Crippen LogP contribution is -2.38. The van der Waals surface area contributed by atoms with Crippen LogP contribution in [0, 0.1) is 11.3 Å². The van der Waals surface area contributed by atoms with Crippen LogP contribution in [0.3, 0.4) is 0 Å². The first kappa shape index (κ1) is 15.4. The van der Waals surface area contributed by atoms with Crippen molar-refractivity contribution in [3.05, 3.63) is 0 Å². The average Bonchev–Trinajstić information content (AvgIpc) is 2.17. The topological polar surface area (TPSA) is 41.1 Å². The molecular formula is C13H28N2O. The molecule has 0 aromatic carbocycles. The highest BCUT2D eigenvalue weighted by Gasteiger charge is 2.14. The van der Waals surface area contributed by atoms with Crippen LogP contribution >= 0.6 is 0 Å². The minimum Gasteiger partial charge on any atom is -0.355 e. The van der Waals surface area contributed by atoms with Crippen molar-refractivity contribution in [2.75, 3.05) is 19.6 Å². The first-order valence-corrected chi connectivity index (χ1v) is 6.35. The number of amides is 1. The Morgan fingerprint density at radius 3 is 2.44 bits per heavy atom. The molecule has 2 N–H and O–H groups in total. The lowest BCUT2D eigenvalue weighted by molar-refractivity contribution is -0.120. The molecule has 0 bridgehead atoms. The minimum absolute atomic E-state index is 0.104. The van der Waals surface area contributed by atoms with Crippen molar-refractivity contribution in [2.24, 2.45) is 11.3 Å². The Labute approximate surface area is 100 Å². The molecule has 0 heterocycles. The van der Waals surface area contributed by atoms with E-state index >= 15 is 0 Å². The lowest BCUT2D eigenvalue weighted by Gasteiger charge is -2.22. The van der Waals surface area contributed by atoms with Crippen LogP contribution < -0.4 is 10.6 Å². The molecule has 3 heteroatoms. The van der Waals surface area contributed by atoms with E-state index in [0.717, 1.165) is 25.9 Å². The van der Waals surface area contributed by atoms with Gasteiger partial charge < -0.3 is 10.6 Å². The number of nitrogens with one attached hydrogen (secondary N) is 2. The number of carbonyl (C=O) groups is 1. The Morgan fingerprint density at radius 1 is 1.31 bits per heavy atom. The second kappa shape index (κ2) is 7.66. The molecule has 0 aliphatic rings. The van der Waals surface area contributed by atoms with E-state index in [9.17, 15) is 4.79 Å². The van der Waals surface area contributed by atoms with Crippen molar-refractivity contribution in [3.63, 3.8) is 0 Å². The molecule has 0 unspecified atom stereocenters. The molecule has 1 amide bonds. The van der Waals surface area contributed by atoms with Gasteiger partial charge in [0.2, 0.25) is 5.91 Å². The summed E-state index contributed by atoms with van der Waals surface area (Å²) in [5.74, 6) is 0.750. The Balaban J connectivity index is 3.51. The fourth-order valence-electron chi connectivity index (χ4n) is 1.20. The Bertz CT molecular complexity index is 200. The van der Waals surface area contributed by atoms with Gasteiger partial charge in [-0.15, -0.1) is 0 Å². The lowest BCUT2D eigenvalue weighted by atomic mass is 9.90. The third kappa shape index (κ3) is 8.72. The SMILES string of the molecule is CCC(C)(C)CNCC(=O)NCCC(C)C. The van der Waals surface area contributed by atoms with E-state index in [4.69, 9.17) is 0 Å². The van der Waals surface area contributed by atoms with Crippen LogP contribution in [0.5, 0.6) is 0 Å². The number of rotatable bonds is 8. The van der Waals surface area contributed by atoms with Gasteiger partial charge >= 0.3 is 0 Å². The first-order chi connectivity index (χ1) is 7.37. The van der Waals surface area contributed by atoms with Crippen molar-refractivity contribution in [1.29, 1.82) is 0 Å². The zero-order valence-electron chi connectivity index (χ0n) is 11.5. The van der Waals surface area contributed by atoms with Crippen LogP contribution in [0.25, 0.3) is 0 Å². The summed E-state index contributed by atoms with van der Waals surface area (Å²) >= 11 is 0. The van der Waals surface area contributed by atoms with Gasteiger partial charge in [0.05, 0.1) is 6.54 Å². The van der Waals surface area contributed by atoms with Crippen molar-refractivity contribution in [3.8, 4) is 0 Å². The van der Waals surface area contributed by atoms with Gasteiger partial charge in [0, 0.05) is 13.1 Å². The summed E-state index contributed by atoms with van der Waals surface area (Å²) in [5, 5.41) is 6.12. The van der Waals surface area contributed by atoms with Gasteiger partial charge in [-0.05, 0) is 24.2 Å². The average molecular weight is 228 g/mol. The molecule has 0 aliphatic heterocycles. The second-order valence-electron chi connectivity index (χ2n) is 5.65. The maximum atomic E-state index is 11.4. The molecule has 0 saturated carbocycles. The van der Waals surface area contributed by atoms with Gasteiger partial charge in [-0.3, -0.25) is 4.79 Å². The van der Waals surface area contributed by atoms with Gasteiger partial charge in [-0.2, -0.15) is 0 Å². The quantitative estimate of drug-likeness (QED) is 0.668. The maximum Gasteiger partial charge on any atom is 0.233 e. The van der Waals surface area contributed by atoms with Crippen molar-refractivity contribution >= 4 is 5.91 Å². The molecule has 0 saturated heterocycles. The zero-order chi connectivity index (χ0) is 12.6. The van der Waals surface area contributed by atoms with E-state index in [2.05, 4.69) is 45.3 Å². The summed E-state index contributed by atoms with van der Waals surface area (Å²) in [6, 6.07) is 0. The van der Waals surface area contributed by atoms with E-state index in [1.165, 1.54) is 0 Å². The summed E-state index contributed by atoms with van der Waals surface area (Å²) in [6.07, 6.45) is 2.17. The third-order valence-corrected chi connectivity index (χ3v) is 2.89. The molecule has 0 atom stereocenters. The van der Waals surface area contributed by atoms with E-state index in [0.29, 0.717) is 12.5 Å². The van der Waals surface area contributed by atoms with Gasteiger partial charge in [-0.25, -0.2) is 0 Å². The highest BCUT2D eigenvalue weighted by molar-refractivity contribution is 5.77. The van der Waals surface area contributed by atoms with Crippen LogP contribution in [0.15, 0.2) is 0 Å². The number of hydrogen-bond acceptors (Lipinski definition) is 2. The summed E-state index contributed by atoms with van der Waals surface area (Å²) in [6.45, 7) is 13.0. The van der Waals surface area contributed by atoms with Crippen molar-refractivity contribution < 1.29 is 4.79 Å². The predicted molar refractivity (Wildman–Crippen MR) is 69.4 cm³/mol. The first-order valence-electron chi connectivity index (χ1n) is 6.35. The number of carbonyl (C=O) groups excluding carboxylic acids is 1. The Morgan fingerprint density at radius 2 is 1.94 bits per heavy atom. The second-order valence-corrected chi connectivity index (χ2v) is 5.65. The molecule has 0 rings (SSSR count). The fraction of sp³-hybridized carbons (Fsp3) is 0.923. The molecule has 3 nitrogen and oxygen atoms in total. The van der Waals surface area contributed by atoms with Gasteiger partial charge in [0.1, 0.15) is 0 Å². The van der Waals surface area contributed by atoms with E-state index in [1.54, 1.807) is 0 Å². The minimum atomic E-state index is 0.104. The van der Waals surface area contributed by atoms with Crippen molar-refractivity contribution in [1.82, 2.24) is 10.6 Å². The summed E-state index contributed by atoms with van der Waals surface area (Å²) in [5.41, 5.74) is 0.276. The van der Waals surface area contributed by atoms with Crippen LogP contribution in [0.4, 0.5) is 0 Å². The normalized spacial score (nSPS) is 11.9. The maximum absolute atomic E-state index is 11.4. The molecule has 0 spiro atoms. The standard InChI is InChI=1S/C13H28N2O/c1-6-13(4,5)10-14-9-12(16)15-8-7-11(2)3/h11,14H,6-10H2,1-5H3,(H,15,16). The third-order valence-electron chi connectivity index (χ3n) is 2.89. The van der Waals surface area contributed by atoms with E-state index in [-0.39, 0.29) is 11.3 Å². The van der Waals surface area contributed by atoms with Gasteiger partial charge in [0.25, 0.3) is 0 Å². The summed E-state index contributed by atoms with van der Waals surface area (Å²) in [7, 11) is 0. The Kier molecular flexibility index (Phi) is 7.39. The Hall–Kier alpha value is -0.570. The zero-order valence-corrected chi connectivity index (χ0v) is 11.5. The molecule has 96 valence electrons. The highest BCUT2D eigenvalue weighted by Crippen LogP contribution is 2.17. The molecule has 0 radical (unpaired) electrons. The number of hydrogen-bond donors (Lipinski definition) is 2. The molecule has 0 aliphatic carbocycles. The van der Waals surface area contributed by atoms with E-state index in [1.807, 2.05) is 0 Å². The van der Waals surface area contributed by atoms with E-state index < -0.39 is 0 Å². The highest BCUT2D eigenvalue weighted by atomic mass is 16.1. The molecule has 0 aromatic heterocycles. The van der Waals surface area contributed by atoms with Crippen LogP contribution in [0.2, 0.25) is 0 Å². The predicted octanol–water partition coefficient (Wildman–Crippen LogP) is 2.17. The molecule has 16 heavy (non-hydrogen) atoms. The molecule has 0 fully saturated rings. The van der Waals surface area contributed by atoms with Gasteiger partial charge in [-0.1, -0.05) is 34.6 Å². The van der Waals surface area contributed by atoms with Gasteiger partial charge in [0.15, 0.2) is 0 Å². The summed E-state index contributed by atoms with van der Waals surface area (Å²) < 4.78 is 0. The largest absolute Gasteiger partial charge is 0.355 e. The van der Waals surface area contributed by atoms with Crippen LogP contribution in [-0.2, 0) is 4.79 Å². The fourth-order valence-corrected chi connectivity index (χ4v) is 1.20. The molecular weight excluding hydrogens is 200 g/mol. The van der Waals surface area contributed by atoms with Crippen LogP contribution in [0.1, 0.15) is 47.5 Å². The smallest absolute Gasteiger partial charge is 0.233 e. The monoisotopic (exact) mass is 228 g/mol. The van der Waals surface area contributed by atoms with Crippen molar-refractivity contribution in [2.45, 2.75) is 47.5 Å². The summed E-state index contributed by atoms with van der Waals surface area (Å²) in [4.78, 5) is 11.4. The van der Waals surface area contributed by atoms with Crippen LogP contribution in [-0.4, -0.2) is 25.5 Å². The molecule has 0 aromatic rings.